The Morgan fingerprint density at radius 3 is 2.74 bits per heavy atom. The molecule has 0 bridgehead atoms. The van der Waals surface area contributed by atoms with Crippen molar-refractivity contribution >= 4 is 28.5 Å². The molecule has 4 aromatic heterocycles. The third-order valence-electron chi connectivity index (χ3n) is 5.81. The number of pyridine rings is 3. The summed E-state index contributed by atoms with van der Waals surface area (Å²) in [6, 6.07) is 12.8. The first-order valence-corrected chi connectivity index (χ1v) is 11.5. The lowest BCUT2D eigenvalue weighted by molar-refractivity contribution is 0.210. The van der Waals surface area contributed by atoms with Crippen LogP contribution in [0.15, 0.2) is 59.7 Å². The summed E-state index contributed by atoms with van der Waals surface area (Å²) in [5, 5.41) is 14.4. The highest BCUT2D eigenvalue weighted by Gasteiger charge is 2.13. The van der Waals surface area contributed by atoms with E-state index in [1.807, 2.05) is 18.2 Å². The van der Waals surface area contributed by atoms with Gasteiger partial charge in [0.1, 0.15) is 11.2 Å². The second kappa shape index (κ2) is 11.4. The number of anilines is 1. The summed E-state index contributed by atoms with van der Waals surface area (Å²) in [6.07, 6.45) is 8.59. The average molecular weight is 477 g/mol. The fraction of sp³-hybridized carbons (Fsp3) is 0.320. The number of fused-ring (bicyclic) bond motifs is 2. The van der Waals surface area contributed by atoms with Crippen LogP contribution in [0.5, 0.6) is 5.88 Å². The standard InChI is InChI=1S/C15H19N3O.C10H9N3O3/c19-15-10-13(11-16-12-6-2-1-3-7-12)17-14-8-4-5-9-18(14)15;1-16-8-3-2-6-9(13-8)7(4-5-11-6)12-10(14)15/h4-5,8-10,12,16H,1-3,6-7,11H2;2-5H,1H3,(H,11,12)(H,14,15). The van der Waals surface area contributed by atoms with Crippen molar-refractivity contribution in [2.75, 3.05) is 12.4 Å². The van der Waals surface area contributed by atoms with Crippen LogP contribution < -0.4 is 20.9 Å². The minimum Gasteiger partial charge on any atom is -0.481 e. The van der Waals surface area contributed by atoms with Gasteiger partial charge < -0.3 is 15.2 Å². The minimum atomic E-state index is -1.14. The van der Waals surface area contributed by atoms with E-state index < -0.39 is 6.09 Å². The van der Waals surface area contributed by atoms with Crippen LogP contribution >= 0.6 is 0 Å². The molecule has 1 amide bonds. The Morgan fingerprint density at radius 2 is 1.97 bits per heavy atom. The largest absolute Gasteiger partial charge is 0.481 e. The number of hydrogen-bond donors (Lipinski definition) is 3. The molecular weight excluding hydrogens is 448 g/mol. The van der Waals surface area contributed by atoms with Crippen LogP contribution in [0, 0.1) is 0 Å². The van der Waals surface area contributed by atoms with Crippen molar-refractivity contribution in [1.29, 1.82) is 0 Å². The number of hydrogen-bond acceptors (Lipinski definition) is 7. The van der Waals surface area contributed by atoms with Crippen molar-refractivity contribution in [3.63, 3.8) is 0 Å². The molecule has 10 nitrogen and oxygen atoms in total. The molecule has 1 aliphatic rings. The van der Waals surface area contributed by atoms with Gasteiger partial charge in [0.25, 0.3) is 5.56 Å². The van der Waals surface area contributed by atoms with E-state index in [-0.39, 0.29) is 5.56 Å². The molecule has 0 aromatic carbocycles. The normalized spacial score (nSPS) is 13.7. The van der Waals surface area contributed by atoms with Crippen LogP contribution in [0.4, 0.5) is 10.5 Å². The maximum absolute atomic E-state index is 11.9. The molecule has 1 aliphatic carbocycles. The number of rotatable bonds is 5. The first-order chi connectivity index (χ1) is 17.0. The molecular formula is C25H28N6O4. The molecule has 1 fully saturated rings. The van der Waals surface area contributed by atoms with Gasteiger partial charge >= 0.3 is 6.09 Å². The van der Waals surface area contributed by atoms with Crippen molar-refractivity contribution in [2.45, 2.75) is 44.7 Å². The number of carbonyl (C=O) groups is 1. The fourth-order valence-electron chi connectivity index (χ4n) is 4.09. The molecule has 0 radical (unpaired) electrons. The number of amides is 1. The number of aromatic nitrogens is 4. The molecule has 0 atom stereocenters. The first kappa shape index (κ1) is 24.1. The van der Waals surface area contributed by atoms with Crippen LogP contribution in [-0.4, -0.2) is 43.7 Å². The highest BCUT2D eigenvalue weighted by molar-refractivity contribution is 5.95. The minimum absolute atomic E-state index is 0.00829. The van der Waals surface area contributed by atoms with Crippen molar-refractivity contribution in [3.8, 4) is 5.88 Å². The Morgan fingerprint density at radius 1 is 1.14 bits per heavy atom. The Bertz CT molecular complexity index is 1370. The Hall–Kier alpha value is -4.05. The quantitative estimate of drug-likeness (QED) is 0.396. The van der Waals surface area contributed by atoms with E-state index in [2.05, 4.69) is 25.6 Å². The van der Waals surface area contributed by atoms with Gasteiger partial charge in [-0.3, -0.25) is 19.5 Å². The number of ether oxygens (including phenoxy) is 1. The summed E-state index contributed by atoms with van der Waals surface area (Å²) in [4.78, 5) is 35.3. The zero-order valence-corrected chi connectivity index (χ0v) is 19.5. The Labute approximate surface area is 202 Å². The van der Waals surface area contributed by atoms with E-state index in [0.717, 1.165) is 11.3 Å². The maximum Gasteiger partial charge on any atom is 0.409 e. The van der Waals surface area contributed by atoms with Crippen molar-refractivity contribution < 1.29 is 14.6 Å². The second-order valence-corrected chi connectivity index (χ2v) is 8.24. The maximum atomic E-state index is 11.9. The van der Waals surface area contributed by atoms with Crippen LogP contribution in [0.25, 0.3) is 16.7 Å². The van der Waals surface area contributed by atoms with Crippen molar-refractivity contribution in [3.05, 3.63) is 70.9 Å². The molecule has 0 saturated heterocycles. The number of carboxylic acid groups (broad SMARTS) is 1. The average Bonchev–Trinajstić information content (AvgIpc) is 2.88. The molecule has 4 heterocycles. The summed E-state index contributed by atoms with van der Waals surface area (Å²) in [7, 11) is 1.49. The van der Waals surface area contributed by atoms with Crippen LogP contribution in [-0.2, 0) is 6.54 Å². The highest BCUT2D eigenvalue weighted by atomic mass is 16.5. The monoisotopic (exact) mass is 476 g/mol. The predicted molar refractivity (Wildman–Crippen MR) is 133 cm³/mol. The van der Waals surface area contributed by atoms with Gasteiger partial charge in [0.2, 0.25) is 5.88 Å². The smallest absolute Gasteiger partial charge is 0.409 e. The molecule has 3 N–H and O–H groups in total. The lowest BCUT2D eigenvalue weighted by Gasteiger charge is -2.22. The molecule has 0 aliphatic heterocycles. The third kappa shape index (κ3) is 6.30. The zero-order valence-electron chi connectivity index (χ0n) is 19.5. The molecule has 35 heavy (non-hydrogen) atoms. The lowest BCUT2D eigenvalue weighted by Crippen LogP contribution is -2.31. The van der Waals surface area contributed by atoms with Gasteiger partial charge in [-0.1, -0.05) is 25.3 Å². The molecule has 4 aromatic rings. The first-order valence-electron chi connectivity index (χ1n) is 11.5. The van der Waals surface area contributed by atoms with Gasteiger partial charge in [0, 0.05) is 37.1 Å². The van der Waals surface area contributed by atoms with E-state index in [1.54, 1.807) is 34.9 Å². The van der Waals surface area contributed by atoms with Crippen molar-refractivity contribution in [1.82, 2.24) is 24.7 Å². The number of nitrogens with one attached hydrogen (secondary N) is 2. The van der Waals surface area contributed by atoms with E-state index in [4.69, 9.17) is 9.84 Å². The lowest BCUT2D eigenvalue weighted by atomic mass is 9.95. The van der Waals surface area contributed by atoms with Gasteiger partial charge in [-0.25, -0.2) is 14.8 Å². The summed E-state index contributed by atoms with van der Waals surface area (Å²) >= 11 is 0. The summed E-state index contributed by atoms with van der Waals surface area (Å²) in [5.41, 5.74) is 3.00. The molecule has 1 saturated carbocycles. The van der Waals surface area contributed by atoms with Gasteiger partial charge in [-0.2, -0.15) is 0 Å². The molecule has 0 spiro atoms. The molecule has 0 unspecified atom stereocenters. The van der Waals surface area contributed by atoms with E-state index in [9.17, 15) is 9.59 Å². The SMILES string of the molecule is COc1ccc2nccc(NC(=O)O)c2n1.O=c1cc(CNC2CCCCC2)nc2ccccn12. The summed E-state index contributed by atoms with van der Waals surface area (Å²) < 4.78 is 6.54. The van der Waals surface area contributed by atoms with E-state index >= 15 is 0 Å². The van der Waals surface area contributed by atoms with Crippen LogP contribution in [0.1, 0.15) is 37.8 Å². The van der Waals surface area contributed by atoms with Crippen molar-refractivity contribution in [2.24, 2.45) is 0 Å². The third-order valence-corrected chi connectivity index (χ3v) is 5.81. The van der Waals surface area contributed by atoms with E-state index in [1.165, 1.54) is 45.4 Å². The molecule has 182 valence electrons. The zero-order chi connectivity index (χ0) is 24.6. The molecule has 10 heteroatoms. The fourth-order valence-corrected chi connectivity index (χ4v) is 4.09. The molecule has 5 rings (SSSR count). The number of methoxy groups -OCH3 is 1. The van der Waals surface area contributed by atoms with E-state index in [0.29, 0.717) is 35.2 Å². The Balaban J connectivity index is 0.000000168. The van der Waals surface area contributed by atoms with Gasteiger partial charge in [-0.05, 0) is 37.1 Å². The summed E-state index contributed by atoms with van der Waals surface area (Å²) in [6.45, 7) is 0.686. The topological polar surface area (TPSA) is 131 Å². The summed E-state index contributed by atoms with van der Waals surface area (Å²) in [5.74, 6) is 0.411. The van der Waals surface area contributed by atoms with Gasteiger partial charge in [0.15, 0.2) is 0 Å². The van der Waals surface area contributed by atoms with Crippen LogP contribution in [0.3, 0.4) is 0 Å². The van der Waals surface area contributed by atoms with Gasteiger partial charge in [0.05, 0.1) is 24.0 Å². The van der Waals surface area contributed by atoms with Crippen LogP contribution in [0.2, 0.25) is 0 Å². The van der Waals surface area contributed by atoms with Gasteiger partial charge in [-0.15, -0.1) is 0 Å². The number of nitrogens with zero attached hydrogens (tertiary/aromatic N) is 4. The predicted octanol–water partition coefficient (Wildman–Crippen LogP) is 3.85. The highest BCUT2D eigenvalue weighted by Crippen LogP contribution is 2.22. The Kier molecular flexibility index (Phi) is 7.84. The second-order valence-electron chi connectivity index (χ2n) is 8.24.